The summed E-state index contributed by atoms with van der Waals surface area (Å²) in [5.74, 6) is -0.902. The first kappa shape index (κ1) is 22.5. The molecule has 2 aromatic rings. The number of amides is 1. The van der Waals surface area contributed by atoms with E-state index in [1.54, 1.807) is 20.8 Å². The van der Waals surface area contributed by atoms with Gasteiger partial charge in [0, 0.05) is 6.54 Å². The standard InChI is InChI=1S/C24H31NO4/c1-23(2,3)29-22(28)25-18-24(21(26)27,16-14-19-10-6-4-7-11-19)17-15-20-12-8-5-9-13-20/h4-13H,14-18H2,1-3H3,(H,25,28)(H,26,27). The minimum absolute atomic E-state index is 0.0247. The van der Waals surface area contributed by atoms with Gasteiger partial charge in [-0.1, -0.05) is 60.7 Å². The lowest BCUT2D eigenvalue weighted by Crippen LogP contribution is -2.45. The highest BCUT2D eigenvalue weighted by molar-refractivity contribution is 5.76. The van der Waals surface area contributed by atoms with Gasteiger partial charge in [0.15, 0.2) is 0 Å². The van der Waals surface area contributed by atoms with Crippen LogP contribution in [0, 0.1) is 5.41 Å². The summed E-state index contributed by atoms with van der Waals surface area (Å²) in [4.78, 5) is 24.5. The Labute approximate surface area is 173 Å². The molecule has 1 amide bonds. The molecule has 0 radical (unpaired) electrons. The molecule has 0 atom stereocenters. The van der Waals surface area contributed by atoms with E-state index < -0.39 is 23.1 Å². The molecule has 0 aliphatic heterocycles. The van der Waals surface area contributed by atoms with E-state index in [4.69, 9.17) is 4.74 Å². The summed E-state index contributed by atoms with van der Waals surface area (Å²) in [6.45, 7) is 5.36. The van der Waals surface area contributed by atoms with Crippen LogP contribution in [0.4, 0.5) is 4.79 Å². The van der Waals surface area contributed by atoms with E-state index in [1.165, 1.54) is 0 Å². The molecule has 0 aliphatic carbocycles. The maximum absolute atomic E-state index is 12.4. The summed E-state index contributed by atoms with van der Waals surface area (Å²) in [6.07, 6.45) is 1.50. The van der Waals surface area contributed by atoms with Crippen molar-refractivity contribution in [1.29, 1.82) is 0 Å². The normalized spacial score (nSPS) is 11.7. The van der Waals surface area contributed by atoms with Gasteiger partial charge in [-0.2, -0.15) is 0 Å². The number of hydrogen-bond acceptors (Lipinski definition) is 3. The molecule has 0 aliphatic rings. The Bertz CT molecular complexity index is 738. The van der Waals surface area contributed by atoms with Gasteiger partial charge >= 0.3 is 12.1 Å². The number of carbonyl (C=O) groups is 2. The van der Waals surface area contributed by atoms with E-state index in [0.717, 1.165) is 11.1 Å². The molecule has 2 aromatic carbocycles. The van der Waals surface area contributed by atoms with Crippen molar-refractivity contribution in [3.63, 3.8) is 0 Å². The highest BCUT2D eigenvalue weighted by Gasteiger charge is 2.38. The Kier molecular flexibility index (Phi) is 7.82. The first-order valence-electron chi connectivity index (χ1n) is 9.98. The molecule has 29 heavy (non-hydrogen) atoms. The number of aliphatic carboxylic acids is 1. The minimum atomic E-state index is -1.08. The van der Waals surface area contributed by atoms with Gasteiger partial charge in [-0.3, -0.25) is 4.79 Å². The molecule has 0 fully saturated rings. The van der Waals surface area contributed by atoms with Gasteiger partial charge in [-0.05, 0) is 57.6 Å². The smallest absolute Gasteiger partial charge is 0.407 e. The molecule has 2 rings (SSSR count). The monoisotopic (exact) mass is 397 g/mol. The second-order valence-electron chi connectivity index (χ2n) is 8.41. The van der Waals surface area contributed by atoms with E-state index in [0.29, 0.717) is 25.7 Å². The van der Waals surface area contributed by atoms with Crippen LogP contribution in [0.2, 0.25) is 0 Å². The van der Waals surface area contributed by atoms with Crippen LogP contribution in [0.5, 0.6) is 0 Å². The molecule has 0 saturated heterocycles. The van der Waals surface area contributed by atoms with Crippen molar-refractivity contribution in [3.05, 3.63) is 71.8 Å². The highest BCUT2D eigenvalue weighted by atomic mass is 16.6. The van der Waals surface area contributed by atoms with Gasteiger partial charge in [0.05, 0.1) is 5.41 Å². The number of rotatable bonds is 9. The topological polar surface area (TPSA) is 75.6 Å². The number of hydrogen-bond donors (Lipinski definition) is 2. The lowest BCUT2D eigenvalue weighted by molar-refractivity contribution is -0.149. The fraction of sp³-hybridized carbons (Fsp3) is 0.417. The average molecular weight is 398 g/mol. The maximum atomic E-state index is 12.4. The molecular formula is C24H31NO4. The molecule has 0 aromatic heterocycles. The zero-order chi connectivity index (χ0) is 21.3. The number of ether oxygens (including phenoxy) is 1. The quantitative estimate of drug-likeness (QED) is 0.634. The van der Waals surface area contributed by atoms with Gasteiger partial charge in [0.2, 0.25) is 0 Å². The van der Waals surface area contributed by atoms with Crippen LogP contribution in [-0.4, -0.2) is 29.3 Å². The van der Waals surface area contributed by atoms with Crippen molar-refractivity contribution in [1.82, 2.24) is 5.32 Å². The van der Waals surface area contributed by atoms with Gasteiger partial charge < -0.3 is 15.2 Å². The lowest BCUT2D eigenvalue weighted by atomic mass is 9.77. The van der Waals surface area contributed by atoms with Gasteiger partial charge in [-0.15, -0.1) is 0 Å². The van der Waals surface area contributed by atoms with Crippen molar-refractivity contribution in [2.75, 3.05) is 6.54 Å². The number of aryl methyl sites for hydroxylation is 2. The number of benzene rings is 2. The fourth-order valence-electron chi connectivity index (χ4n) is 3.20. The highest BCUT2D eigenvalue weighted by Crippen LogP contribution is 2.31. The first-order chi connectivity index (χ1) is 13.7. The summed E-state index contributed by atoms with van der Waals surface area (Å²) in [7, 11) is 0. The van der Waals surface area contributed by atoms with E-state index >= 15 is 0 Å². The molecule has 0 spiro atoms. The molecule has 0 saturated carbocycles. The minimum Gasteiger partial charge on any atom is -0.481 e. The van der Waals surface area contributed by atoms with Crippen molar-refractivity contribution in [2.45, 2.75) is 52.1 Å². The Morgan fingerprint density at radius 3 is 1.69 bits per heavy atom. The second-order valence-corrected chi connectivity index (χ2v) is 8.41. The second kappa shape index (κ2) is 10.1. The SMILES string of the molecule is CC(C)(C)OC(=O)NCC(CCc1ccccc1)(CCc1ccccc1)C(=O)O. The summed E-state index contributed by atoms with van der Waals surface area (Å²) in [5, 5.41) is 12.8. The van der Waals surface area contributed by atoms with Crippen LogP contribution in [0.25, 0.3) is 0 Å². The van der Waals surface area contributed by atoms with Gasteiger partial charge in [0.1, 0.15) is 5.60 Å². The summed E-state index contributed by atoms with van der Waals surface area (Å²) >= 11 is 0. The van der Waals surface area contributed by atoms with Crippen LogP contribution >= 0.6 is 0 Å². The molecule has 5 heteroatoms. The largest absolute Gasteiger partial charge is 0.481 e. The van der Waals surface area contributed by atoms with E-state index in [1.807, 2.05) is 60.7 Å². The Morgan fingerprint density at radius 2 is 1.31 bits per heavy atom. The van der Waals surface area contributed by atoms with Gasteiger partial charge in [-0.25, -0.2) is 4.79 Å². The van der Waals surface area contributed by atoms with Crippen LogP contribution in [-0.2, 0) is 22.4 Å². The van der Waals surface area contributed by atoms with Crippen molar-refractivity contribution in [3.8, 4) is 0 Å². The third-order valence-electron chi connectivity index (χ3n) is 4.89. The Morgan fingerprint density at radius 1 is 0.862 bits per heavy atom. The zero-order valence-electron chi connectivity index (χ0n) is 17.5. The molecule has 0 unspecified atom stereocenters. The molecule has 0 heterocycles. The number of carboxylic acids is 1. The van der Waals surface area contributed by atoms with E-state index in [9.17, 15) is 14.7 Å². The maximum Gasteiger partial charge on any atom is 0.407 e. The molecule has 0 bridgehead atoms. The van der Waals surface area contributed by atoms with Crippen molar-refractivity contribution < 1.29 is 19.4 Å². The summed E-state index contributed by atoms with van der Waals surface area (Å²) < 4.78 is 5.30. The van der Waals surface area contributed by atoms with Crippen molar-refractivity contribution >= 4 is 12.1 Å². The van der Waals surface area contributed by atoms with Crippen LogP contribution in [0.1, 0.15) is 44.7 Å². The van der Waals surface area contributed by atoms with Crippen molar-refractivity contribution in [2.24, 2.45) is 5.41 Å². The predicted molar refractivity (Wildman–Crippen MR) is 114 cm³/mol. The molecule has 156 valence electrons. The van der Waals surface area contributed by atoms with Crippen LogP contribution in [0.3, 0.4) is 0 Å². The number of carboxylic acid groups (broad SMARTS) is 1. The number of carbonyl (C=O) groups excluding carboxylic acids is 1. The van der Waals surface area contributed by atoms with Gasteiger partial charge in [0.25, 0.3) is 0 Å². The third kappa shape index (κ3) is 7.60. The third-order valence-corrected chi connectivity index (χ3v) is 4.89. The summed E-state index contributed by atoms with van der Waals surface area (Å²) in [5.41, 5.74) is 0.442. The van der Waals surface area contributed by atoms with Crippen LogP contribution in [0.15, 0.2) is 60.7 Å². The average Bonchev–Trinajstić information content (AvgIpc) is 2.68. The molecular weight excluding hydrogens is 366 g/mol. The number of nitrogens with one attached hydrogen (secondary N) is 1. The summed E-state index contributed by atoms with van der Waals surface area (Å²) in [6, 6.07) is 19.6. The molecule has 5 nitrogen and oxygen atoms in total. The first-order valence-corrected chi connectivity index (χ1v) is 9.98. The number of alkyl carbamates (subject to hydrolysis) is 1. The Balaban J connectivity index is 2.15. The lowest BCUT2D eigenvalue weighted by Gasteiger charge is -2.30. The molecule has 2 N–H and O–H groups in total. The predicted octanol–water partition coefficient (Wildman–Crippen LogP) is 4.85. The van der Waals surface area contributed by atoms with E-state index in [-0.39, 0.29) is 6.54 Å². The zero-order valence-corrected chi connectivity index (χ0v) is 17.5. The Hall–Kier alpha value is -2.82. The van der Waals surface area contributed by atoms with E-state index in [2.05, 4.69) is 5.32 Å². The van der Waals surface area contributed by atoms with Crippen LogP contribution < -0.4 is 5.32 Å². The fourth-order valence-corrected chi connectivity index (χ4v) is 3.20.